The molecule has 5 heteroatoms. The van der Waals surface area contributed by atoms with Crippen molar-refractivity contribution in [1.82, 2.24) is 4.31 Å². The molecule has 1 aromatic carbocycles. The number of piperidine rings is 1. The molecule has 2 aromatic rings. The van der Waals surface area contributed by atoms with Crippen LogP contribution in [0.1, 0.15) is 36.4 Å². The quantitative estimate of drug-likeness (QED) is 0.872. The molecule has 0 amide bonds. The van der Waals surface area contributed by atoms with Crippen molar-refractivity contribution >= 4 is 10.0 Å². The Morgan fingerprint density at radius 1 is 1.14 bits per heavy atom. The van der Waals surface area contributed by atoms with Crippen LogP contribution in [0.4, 0.5) is 0 Å². The van der Waals surface area contributed by atoms with Crippen LogP contribution < -0.4 is 0 Å². The molecule has 0 bridgehead atoms. The van der Waals surface area contributed by atoms with Crippen LogP contribution in [0.25, 0.3) is 0 Å². The maximum absolute atomic E-state index is 12.9. The van der Waals surface area contributed by atoms with Crippen LogP contribution in [0.15, 0.2) is 52.2 Å². The van der Waals surface area contributed by atoms with Gasteiger partial charge in [0.1, 0.15) is 0 Å². The minimum atomic E-state index is -3.46. The minimum absolute atomic E-state index is 0.121. The maximum atomic E-state index is 12.9. The molecular formula is C16H19NO3S. The Labute approximate surface area is 125 Å². The smallest absolute Gasteiger partial charge is 0.243 e. The zero-order valence-corrected chi connectivity index (χ0v) is 12.8. The summed E-state index contributed by atoms with van der Waals surface area (Å²) < 4.78 is 32.5. The van der Waals surface area contributed by atoms with Crippen LogP contribution in [-0.2, 0) is 10.0 Å². The van der Waals surface area contributed by atoms with Gasteiger partial charge in [-0.25, -0.2) is 8.42 Å². The minimum Gasteiger partial charge on any atom is -0.472 e. The number of rotatable bonds is 3. The molecule has 2 heterocycles. The molecule has 0 radical (unpaired) electrons. The van der Waals surface area contributed by atoms with Crippen molar-refractivity contribution in [2.24, 2.45) is 0 Å². The van der Waals surface area contributed by atoms with E-state index in [-0.39, 0.29) is 6.04 Å². The van der Waals surface area contributed by atoms with Crippen LogP contribution in [-0.4, -0.2) is 19.3 Å². The Hall–Kier alpha value is -1.59. The topological polar surface area (TPSA) is 50.5 Å². The van der Waals surface area contributed by atoms with Crippen molar-refractivity contribution in [2.45, 2.75) is 37.1 Å². The summed E-state index contributed by atoms with van der Waals surface area (Å²) in [5, 5.41) is 0. The highest BCUT2D eigenvalue weighted by Crippen LogP contribution is 2.35. The number of hydrogen-bond donors (Lipinski definition) is 0. The van der Waals surface area contributed by atoms with Crippen molar-refractivity contribution in [3.05, 3.63) is 54.0 Å². The van der Waals surface area contributed by atoms with Gasteiger partial charge in [-0.2, -0.15) is 4.31 Å². The summed E-state index contributed by atoms with van der Waals surface area (Å²) in [7, 11) is -3.46. The summed E-state index contributed by atoms with van der Waals surface area (Å²) in [5.41, 5.74) is 1.99. The Kier molecular flexibility index (Phi) is 3.87. The molecule has 1 aliphatic rings. The molecular weight excluding hydrogens is 286 g/mol. The number of nitrogens with zero attached hydrogens (tertiary/aromatic N) is 1. The third-order valence-electron chi connectivity index (χ3n) is 4.01. The lowest BCUT2D eigenvalue weighted by molar-refractivity contribution is 0.255. The first kappa shape index (κ1) is 14.4. The predicted molar refractivity (Wildman–Crippen MR) is 80.4 cm³/mol. The van der Waals surface area contributed by atoms with Gasteiger partial charge in [0, 0.05) is 12.1 Å². The van der Waals surface area contributed by atoms with Crippen molar-refractivity contribution in [2.75, 3.05) is 6.54 Å². The second-order valence-corrected chi connectivity index (χ2v) is 7.39. The van der Waals surface area contributed by atoms with E-state index in [1.165, 1.54) is 0 Å². The van der Waals surface area contributed by atoms with Crippen LogP contribution in [0.2, 0.25) is 0 Å². The number of furan rings is 1. The van der Waals surface area contributed by atoms with Crippen molar-refractivity contribution in [3.8, 4) is 0 Å². The van der Waals surface area contributed by atoms with E-state index in [4.69, 9.17) is 4.42 Å². The van der Waals surface area contributed by atoms with E-state index < -0.39 is 10.0 Å². The lowest BCUT2D eigenvalue weighted by atomic mass is 10.00. The molecule has 0 N–H and O–H groups in total. The summed E-state index contributed by atoms with van der Waals surface area (Å²) in [6.07, 6.45) is 6.02. The van der Waals surface area contributed by atoms with Crippen LogP contribution in [0.3, 0.4) is 0 Å². The van der Waals surface area contributed by atoms with Gasteiger partial charge in [0.05, 0.1) is 23.5 Å². The summed E-state index contributed by atoms with van der Waals surface area (Å²) in [4.78, 5) is 0.364. The van der Waals surface area contributed by atoms with Crippen LogP contribution >= 0.6 is 0 Å². The van der Waals surface area contributed by atoms with E-state index in [2.05, 4.69) is 0 Å². The van der Waals surface area contributed by atoms with Crippen LogP contribution in [0.5, 0.6) is 0 Å². The van der Waals surface area contributed by atoms with Gasteiger partial charge in [0.25, 0.3) is 0 Å². The van der Waals surface area contributed by atoms with Crippen molar-refractivity contribution in [3.63, 3.8) is 0 Å². The molecule has 21 heavy (non-hydrogen) atoms. The van der Waals surface area contributed by atoms with Crippen molar-refractivity contribution < 1.29 is 12.8 Å². The van der Waals surface area contributed by atoms with E-state index in [1.807, 2.05) is 25.1 Å². The fourth-order valence-corrected chi connectivity index (χ4v) is 4.52. The molecule has 1 aliphatic heterocycles. The summed E-state index contributed by atoms with van der Waals surface area (Å²) in [6.45, 7) is 2.51. The third-order valence-corrected chi connectivity index (χ3v) is 5.93. The van der Waals surface area contributed by atoms with E-state index >= 15 is 0 Å². The highest BCUT2D eigenvalue weighted by Gasteiger charge is 2.34. The average molecular weight is 305 g/mol. The zero-order valence-electron chi connectivity index (χ0n) is 12.0. The van der Waals surface area contributed by atoms with Gasteiger partial charge in [-0.1, -0.05) is 24.1 Å². The summed E-state index contributed by atoms with van der Waals surface area (Å²) in [6, 6.07) is 8.78. The van der Waals surface area contributed by atoms with E-state index in [9.17, 15) is 8.42 Å². The van der Waals surface area contributed by atoms with Gasteiger partial charge < -0.3 is 4.42 Å². The molecule has 0 saturated carbocycles. The molecule has 3 rings (SSSR count). The fraction of sp³-hybridized carbons (Fsp3) is 0.375. The SMILES string of the molecule is Cc1ccc(S(=O)(=O)N2CCCCC2c2ccoc2)cc1. The normalized spacial score (nSPS) is 20.5. The second-order valence-electron chi connectivity index (χ2n) is 5.50. The average Bonchev–Trinajstić information content (AvgIpc) is 3.02. The van der Waals surface area contributed by atoms with Crippen molar-refractivity contribution in [1.29, 1.82) is 0 Å². The Morgan fingerprint density at radius 3 is 2.57 bits per heavy atom. The van der Waals surface area contributed by atoms with Gasteiger partial charge in [0.15, 0.2) is 0 Å². The zero-order chi connectivity index (χ0) is 14.9. The molecule has 1 atom stereocenters. The number of hydrogen-bond acceptors (Lipinski definition) is 3. The highest BCUT2D eigenvalue weighted by molar-refractivity contribution is 7.89. The Bertz CT molecular complexity index is 690. The molecule has 1 unspecified atom stereocenters. The first-order valence-electron chi connectivity index (χ1n) is 7.19. The fourth-order valence-electron chi connectivity index (χ4n) is 2.84. The standard InChI is InChI=1S/C16H19NO3S/c1-13-5-7-15(8-6-13)21(18,19)17-10-3-2-4-16(17)14-9-11-20-12-14/h5-9,11-12,16H,2-4,10H2,1H3. The Balaban J connectivity index is 1.97. The predicted octanol–water partition coefficient (Wildman–Crippen LogP) is 3.50. The van der Waals surface area contributed by atoms with Gasteiger partial charge >= 0.3 is 0 Å². The van der Waals surface area contributed by atoms with E-state index in [1.54, 1.807) is 29.0 Å². The first-order valence-corrected chi connectivity index (χ1v) is 8.63. The molecule has 1 fully saturated rings. The molecule has 1 saturated heterocycles. The summed E-state index contributed by atoms with van der Waals surface area (Å²) >= 11 is 0. The number of sulfonamides is 1. The molecule has 0 spiro atoms. The molecule has 1 aromatic heterocycles. The Morgan fingerprint density at radius 2 is 1.90 bits per heavy atom. The second kappa shape index (κ2) is 5.66. The van der Waals surface area contributed by atoms with E-state index in [0.717, 1.165) is 30.4 Å². The number of aryl methyl sites for hydroxylation is 1. The van der Waals surface area contributed by atoms with Gasteiger partial charge in [-0.05, 0) is 38.0 Å². The maximum Gasteiger partial charge on any atom is 0.243 e. The lowest BCUT2D eigenvalue weighted by Gasteiger charge is -2.34. The first-order chi connectivity index (χ1) is 10.1. The summed E-state index contributed by atoms with van der Waals surface area (Å²) in [5.74, 6) is 0. The molecule has 4 nitrogen and oxygen atoms in total. The van der Waals surface area contributed by atoms with Gasteiger partial charge in [-0.3, -0.25) is 0 Å². The van der Waals surface area contributed by atoms with E-state index in [0.29, 0.717) is 11.4 Å². The van der Waals surface area contributed by atoms with Crippen LogP contribution in [0, 0.1) is 6.92 Å². The third kappa shape index (κ3) is 2.76. The highest BCUT2D eigenvalue weighted by atomic mass is 32.2. The monoisotopic (exact) mass is 305 g/mol. The van der Waals surface area contributed by atoms with Gasteiger partial charge in [0.2, 0.25) is 10.0 Å². The molecule has 112 valence electrons. The number of benzene rings is 1. The van der Waals surface area contributed by atoms with Gasteiger partial charge in [-0.15, -0.1) is 0 Å². The lowest BCUT2D eigenvalue weighted by Crippen LogP contribution is -2.38. The molecule has 0 aliphatic carbocycles. The largest absolute Gasteiger partial charge is 0.472 e.